The number of ether oxygens (including phenoxy) is 1. The number of alkyl carbamates (subject to hydrolysis) is 1. The molecule has 3 amide bonds. The highest BCUT2D eigenvalue weighted by Crippen LogP contribution is 2.54. The Balaban J connectivity index is 0.891. The number of allylic oxidation sites excluding steroid dienone is 1. The predicted molar refractivity (Wildman–Crippen MR) is 211 cm³/mol. The maximum atomic E-state index is 13.5. The molecule has 8 rings (SSSR count). The average molecular weight is 745 g/mol. The molecule has 2 aromatic heterocycles. The molecular formula is C43H48N6O4S. The molecule has 0 spiro atoms. The van der Waals surface area contributed by atoms with E-state index in [0.29, 0.717) is 24.9 Å². The number of fused-ring (bicyclic) bond motifs is 2. The van der Waals surface area contributed by atoms with Gasteiger partial charge in [0.2, 0.25) is 11.8 Å². The fourth-order valence-electron chi connectivity index (χ4n) is 9.25. The van der Waals surface area contributed by atoms with E-state index in [2.05, 4.69) is 75.6 Å². The van der Waals surface area contributed by atoms with Crippen LogP contribution in [0.15, 0.2) is 83.4 Å². The highest BCUT2D eigenvalue weighted by Gasteiger charge is 2.52. The first-order valence-corrected chi connectivity index (χ1v) is 20.1. The number of hydrogen-bond acceptors (Lipinski definition) is 7. The van der Waals surface area contributed by atoms with E-state index in [1.807, 2.05) is 37.2 Å². The quantitative estimate of drug-likeness (QED) is 0.143. The number of likely N-dealkylation sites (tertiary alicyclic amines) is 1. The van der Waals surface area contributed by atoms with Crippen LogP contribution in [0.3, 0.4) is 0 Å². The fourth-order valence-corrected chi connectivity index (χ4v) is 9.89. The summed E-state index contributed by atoms with van der Waals surface area (Å²) in [5, 5.41) is 8.00. The number of hydrogen-bond donors (Lipinski definition) is 3. The third kappa shape index (κ3) is 7.13. The zero-order chi connectivity index (χ0) is 37.3. The van der Waals surface area contributed by atoms with Gasteiger partial charge >= 0.3 is 6.09 Å². The number of rotatable bonds is 11. The lowest BCUT2D eigenvalue weighted by Crippen LogP contribution is -2.51. The molecule has 4 aromatic rings. The van der Waals surface area contributed by atoms with Crippen molar-refractivity contribution in [3.63, 3.8) is 0 Å². The Kier molecular flexibility index (Phi) is 10.2. The van der Waals surface area contributed by atoms with Crippen molar-refractivity contribution >= 4 is 40.5 Å². The van der Waals surface area contributed by atoms with E-state index in [1.165, 1.54) is 35.3 Å². The second kappa shape index (κ2) is 15.4. The van der Waals surface area contributed by atoms with Gasteiger partial charge in [0.25, 0.3) is 0 Å². The van der Waals surface area contributed by atoms with Crippen molar-refractivity contribution in [2.24, 2.45) is 34.6 Å². The maximum Gasteiger partial charge on any atom is 0.407 e. The monoisotopic (exact) mass is 744 g/mol. The summed E-state index contributed by atoms with van der Waals surface area (Å²) in [6.07, 6.45) is 9.20. The third-order valence-corrected chi connectivity index (χ3v) is 12.9. The number of H-pyrrole nitrogens is 1. The van der Waals surface area contributed by atoms with Gasteiger partial charge in [-0.1, -0.05) is 68.4 Å². The predicted octanol–water partition coefficient (Wildman–Crippen LogP) is 8.01. The molecule has 6 atom stereocenters. The number of carbonyl (C=O) groups excluding carboxylic acids is 3. The SMILES string of the molecule is COC(=O)N[C@H](C(=O)N1CCC[C@H]1c1ncc(-c2ccc(-c3ccc(C4=CN=C(C5C6CCC(C6)[C@H]5C(=O)NCc5cccs5)C4)cc3)cc2)[nH]1)C(C)C. The number of benzene rings is 2. The normalized spacial score (nSPS) is 23.7. The van der Waals surface area contributed by atoms with Crippen LogP contribution in [0.4, 0.5) is 4.79 Å². The number of nitrogens with one attached hydrogen (secondary N) is 3. The van der Waals surface area contributed by atoms with Gasteiger partial charge < -0.3 is 25.3 Å². The summed E-state index contributed by atoms with van der Waals surface area (Å²) < 4.78 is 4.76. The van der Waals surface area contributed by atoms with Gasteiger partial charge in [0.1, 0.15) is 11.9 Å². The average Bonchev–Trinajstić information content (AvgIpc) is 4.05. The standard InChI is InChI=1S/C43H48N6O4S/c1-25(2)39(48-43(52)53-3)42(51)49-18-4-7-36(49)40-45-24-35(47-40)29-14-12-27(13-15-29)26-8-10-28(11-9-26)32-21-34(44-22-32)37-30-16-17-31(20-30)38(37)41(50)46-23-33-6-5-19-54-33/h5-6,8-15,19,22,24-25,30-31,36-39H,4,7,16-18,20-21,23H2,1-3H3,(H,45,47)(H,46,50)(H,48,52)/t30?,31?,36-,37?,38+,39-/m0/s1. The summed E-state index contributed by atoms with van der Waals surface area (Å²) in [6.45, 7) is 5.04. The van der Waals surface area contributed by atoms with Gasteiger partial charge in [0, 0.05) is 41.6 Å². The van der Waals surface area contributed by atoms with Crippen molar-refractivity contribution in [3.05, 3.63) is 94.7 Å². The number of aromatic amines is 1. The Morgan fingerprint density at radius 1 is 0.963 bits per heavy atom. The van der Waals surface area contributed by atoms with E-state index in [-0.39, 0.29) is 35.6 Å². The number of thiophene rings is 1. The topological polar surface area (TPSA) is 129 Å². The highest BCUT2D eigenvalue weighted by molar-refractivity contribution is 7.09. The maximum absolute atomic E-state index is 13.5. The van der Waals surface area contributed by atoms with Crippen molar-refractivity contribution in [2.45, 2.75) is 71.0 Å². The van der Waals surface area contributed by atoms with E-state index in [1.54, 1.807) is 11.3 Å². The molecule has 2 aliphatic heterocycles. The fraction of sp³-hybridized carbons (Fsp3) is 0.419. The lowest BCUT2D eigenvalue weighted by Gasteiger charge is -2.30. The van der Waals surface area contributed by atoms with E-state index in [0.717, 1.165) is 60.3 Å². The van der Waals surface area contributed by atoms with Gasteiger partial charge in [-0.25, -0.2) is 9.78 Å². The van der Waals surface area contributed by atoms with Gasteiger partial charge in [-0.2, -0.15) is 0 Å². The summed E-state index contributed by atoms with van der Waals surface area (Å²) in [7, 11) is 1.30. The first-order valence-electron chi connectivity index (χ1n) is 19.2. The zero-order valence-corrected chi connectivity index (χ0v) is 31.9. The van der Waals surface area contributed by atoms with Crippen molar-refractivity contribution < 1.29 is 19.1 Å². The molecule has 10 nitrogen and oxygen atoms in total. The first kappa shape index (κ1) is 36.0. The Hall–Kier alpha value is -5.03. The molecule has 2 bridgehead atoms. The Labute approximate surface area is 320 Å². The first-order chi connectivity index (χ1) is 26.3. The minimum absolute atomic E-state index is 0.0230. The number of aromatic nitrogens is 2. The lowest BCUT2D eigenvalue weighted by molar-refractivity contribution is -0.135. The molecule has 4 heterocycles. The Morgan fingerprint density at radius 3 is 2.39 bits per heavy atom. The number of carbonyl (C=O) groups is 3. The van der Waals surface area contributed by atoms with Crippen LogP contribution in [-0.2, 0) is 20.9 Å². The molecule has 11 heteroatoms. The summed E-state index contributed by atoms with van der Waals surface area (Å²) in [6, 6.07) is 20.4. The molecule has 2 saturated carbocycles. The summed E-state index contributed by atoms with van der Waals surface area (Å²) in [4.78, 5) is 55.1. The molecule has 2 aliphatic carbocycles. The molecular weight excluding hydrogens is 697 g/mol. The van der Waals surface area contributed by atoms with Gasteiger partial charge in [-0.05, 0) is 89.1 Å². The van der Waals surface area contributed by atoms with Crippen LogP contribution in [0.5, 0.6) is 0 Å². The summed E-state index contributed by atoms with van der Waals surface area (Å²) in [5.74, 6) is 2.00. The van der Waals surface area contributed by atoms with E-state index in [9.17, 15) is 14.4 Å². The molecule has 0 radical (unpaired) electrons. The third-order valence-electron chi connectivity index (χ3n) is 12.0. The van der Waals surface area contributed by atoms with Crippen LogP contribution >= 0.6 is 11.3 Å². The van der Waals surface area contributed by atoms with Crippen LogP contribution in [0.2, 0.25) is 0 Å². The van der Waals surface area contributed by atoms with Gasteiger partial charge in [0.05, 0.1) is 31.6 Å². The molecule has 3 unspecified atom stereocenters. The highest BCUT2D eigenvalue weighted by atomic mass is 32.1. The van der Waals surface area contributed by atoms with Crippen molar-refractivity contribution in [1.82, 2.24) is 25.5 Å². The summed E-state index contributed by atoms with van der Waals surface area (Å²) in [5.41, 5.74) is 7.71. The number of aliphatic imine (C=N–C) groups is 1. The molecule has 280 valence electrons. The van der Waals surface area contributed by atoms with Crippen LogP contribution in [-0.4, -0.2) is 58.2 Å². The Bertz CT molecular complexity index is 2050. The molecule has 4 aliphatic rings. The molecule has 3 N–H and O–H groups in total. The van der Waals surface area contributed by atoms with E-state index >= 15 is 0 Å². The lowest BCUT2D eigenvalue weighted by atomic mass is 9.75. The van der Waals surface area contributed by atoms with Gasteiger partial charge in [-0.3, -0.25) is 14.6 Å². The van der Waals surface area contributed by atoms with Crippen LogP contribution in [0.1, 0.15) is 74.7 Å². The second-order valence-electron chi connectivity index (χ2n) is 15.5. The minimum Gasteiger partial charge on any atom is -0.453 e. The number of methoxy groups -OCH3 is 1. The van der Waals surface area contributed by atoms with Crippen molar-refractivity contribution in [1.29, 1.82) is 0 Å². The number of nitrogens with zero attached hydrogens (tertiary/aromatic N) is 3. The molecule has 3 fully saturated rings. The second-order valence-corrected chi connectivity index (χ2v) is 16.5. The van der Waals surface area contributed by atoms with E-state index in [4.69, 9.17) is 14.7 Å². The van der Waals surface area contributed by atoms with Gasteiger partial charge in [-0.15, -0.1) is 11.3 Å². The zero-order valence-electron chi connectivity index (χ0n) is 31.1. The van der Waals surface area contributed by atoms with Crippen molar-refractivity contribution in [2.75, 3.05) is 13.7 Å². The Morgan fingerprint density at radius 2 is 1.69 bits per heavy atom. The van der Waals surface area contributed by atoms with Crippen LogP contribution in [0.25, 0.3) is 28.0 Å². The molecule has 1 saturated heterocycles. The number of amides is 3. The van der Waals surface area contributed by atoms with Crippen LogP contribution in [0, 0.1) is 29.6 Å². The smallest absolute Gasteiger partial charge is 0.407 e. The van der Waals surface area contributed by atoms with Crippen molar-refractivity contribution in [3.8, 4) is 22.4 Å². The number of imidazole rings is 1. The minimum atomic E-state index is -0.670. The van der Waals surface area contributed by atoms with Gasteiger partial charge in [0.15, 0.2) is 0 Å². The van der Waals surface area contributed by atoms with Crippen LogP contribution < -0.4 is 10.6 Å². The molecule has 54 heavy (non-hydrogen) atoms. The summed E-state index contributed by atoms with van der Waals surface area (Å²) >= 11 is 1.68. The largest absolute Gasteiger partial charge is 0.453 e. The van der Waals surface area contributed by atoms with E-state index < -0.39 is 12.1 Å². The molecule has 2 aromatic carbocycles.